The van der Waals surface area contributed by atoms with Crippen molar-refractivity contribution in [2.24, 2.45) is 5.73 Å². The second kappa shape index (κ2) is 6.53. The highest BCUT2D eigenvalue weighted by Crippen LogP contribution is 2.24. The summed E-state index contributed by atoms with van der Waals surface area (Å²) in [4.78, 5) is 0. The molecular formula is C17H20FNO. The summed E-state index contributed by atoms with van der Waals surface area (Å²) in [6.07, 6.45) is 0.706. The first-order chi connectivity index (χ1) is 9.60. The number of aryl methyl sites for hydroxylation is 1. The molecule has 0 aliphatic carbocycles. The molecule has 2 aromatic rings. The van der Waals surface area contributed by atoms with E-state index in [1.165, 1.54) is 17.7 Å². The van der Waals surface area contributed by atoms with Crippen LogP contribution in [-0.2, 0) is 6.42 Å². The molecule has 0 aromatic heterocycles. The third-order valence-corrected chi connectivity index (χ3v) is 3.27. The first-order valence-electron chi connectivity index (χ1n) is 6.86. The van der Waals surface area contributed by atoms with Gasteiger partial charge >= 0.3 is 0 Å². The number of rotatable bonds is 5. The predicted molar refractivity (Wildman–Crippen MR) is 79.2 cm³/mol. The van der Waals surface area contributed by atoms with Gasteiger partial charge in [-0.25, -0.2) is 4.39 Å². The zero-order valence-corrected chi connectivity index (χ0v) is 11.8. The lowest BCUT2D eigenvalue weighted by Crippen LogP contribution is -2.29. The molecule has 0 aliphatic heterocycles. The van der Waals surface area contributed by atoms with Crippen molar-refractivity contribution in [2.45, 2.75) is 32.4 Å². The van der Waals surface area contributed by atoms with E-state index < -0.39 is 0 Å². The van der Waals surface area contributed by atoms with Crippen LogP contribution in [0.1, 0.15) is 31.1 Å². The second-order valence-corrected chi connectivity index (χ2v) is 4.95. The Morgan fingerprint density at radius 3 is 2.15 bits per heavy atom. The minimum Gasteiger partial charge on any atom is -0.484 e. The van der Waals surface area contributed by atoms with Crippen molar-refractivity contribution in [1.29, 1.82) is 0 Å². The van der Waals surface area contributed by atoms with Gasteiger partial charge in [-0.1, -0.05) is 31.2 Å². The molecule has 0 saturated carbocycles. The summed E-state index contributed by atoms with van der Waals surface area (Å²) in [7, 11) is 0. The van der Waals surface area contributed by atoms with E-state index in [-0.39, 0.29) is 18.0 Å². The van der Waals surface area contributed by atoms with Gasteiger partial charge in [0.15, 0.2) is 0 Å². The van der Waals surface area contributed by atoms with Crippen LogP contribution in [0.2, 0.25) is 0 Å². The Morgan fingerprint density at radius 1 is 1.05 bits per heavy atom. The molecule has 106 valence electrons. The Labute approximate surface area is 119 Å². The lowest BCUT2D eigenvalue weighted by Gasteiger charge is -2.23. The van der Waals surface area contributed by atoms with Gasteiger partial charge in [-0.15, -0.1) is 0 Å². The zero-order valence-electron chi connectivity index (χ0n) is 11.8. The fourth-order valence-corrected chi connectivity index (χ4v) is 2.08. The van der Waals surface area contributed by atoms with Crippen molar-refractivity contribution >= 4 is 0 Å². The molecule has 2 aromatic carbocycles. The topological polar surface area (TPSA) is 35.2 Å². The fourth-order valence-electron chi connectivity index (χ4n) is 2.08. The van der Waals surface area contributed by atoms with Gasteiger partial charge in [0.1, 0.15) is 17.7 Å². The van der Waals surface area contributed by atoms with Gasteiger partial charge in [0.25, 0.3) is 0 Å². The molecular weight excluding hydrogens is 253 g/mol. The standard InChI is InChI=1S/C17H20FNO/c1-3-13-4-10-16(11-5-13)20-17(12(2)19)14-6-8-15(18)9-7-14/h4-12,17H,3,19H2,1-2H3. The zero-order chi connectivity index (χ0) is 14.5. The molecule has 20 heavy (non-hydrogen) atoms. The first kappa shape index (κ1) is 14.5. The lowest BCUT2D eigenvalue weighted by molar-refractivity contribution is 0.180. The van der Waals surface area contributed by atoms with Crippen molar-refractivity contribution in [3.05, 3.63) is 65.5 Å². The number of hydrogen-bond donors (Lipinski definition) is 1. The van der Waals surface area contributed by atoms with Gasteiger partial charge < -0.3 is 10.5 Å². The minimum absolute atomic E-state index is 0.189. The molecule has 0 bridgehead atoms. The molecule has 0 fully saturated rings. The molecule has 0 heterocycles. The second-order valence-electron chi connectivity index (χ2n) is 4.95. The highest BCUT2D eigenvalue weighted by molar-refractivity contribution is 5.29. The first-order valence-corrected chi connectivity index (χ1v) is 6.86. The van der Waals surface area contributed by atoms with Gasteiger partial charge in [-0.05, 0) is 48.7 Å². The third-order valence-electron chi connectivity index (χ3n) is 3.27. The van der Waals surface area contributed by atoms with Crippen LogP contribution in [0.3, 0.4) is 0 Å². The largest absolute Gasteiger partial charge is 0.484 e. The van der Waals surface area contributed by atoms with Crippen molar-refractivity contribution in [3.8, 4) is 5.75 Å². The van der Waals surface area contributed by atoms with Crippen LogP contribution >= 0.6 is 0 Å². The Kier molecular flexibility index (Phi) is 4.74. The van der Waals surface area contributed by atoms with Crippen LogP contribution < -0.4 is 10.5 Å². The van der Waals surface area contributed by atoms with Gasteiger partial charge in [0.2, 0.25) is 0 Å². The van der Waals surface area contributed by atoms with Crippen LogP contribution in [-0.4, -0.2) is 6.04 Å². The Hall–Kier alpha value is -1.87. The third kappa shape index (κ3) is 3.58. The normalized spacial score (nSPS) is 13.8. The summed E-state index contributed by atoms with van der Waals surface area (Å²) >= 11 is 0. The monoisotopic (exact) mass is 273 g/mol. The number of halogens is 1. The van der Waals surface area contributed by atoms with E-state index in [9.17, 15) is 4.39 Å². The number of ether oxygens (including phenoxy) is 1. The highest BCUT2D eigenvalue weighted by atomic mass is 19.1. The molecule has 2 N–H and O–H groups in total. The van der Waals surface area contributed by atoms with Crippen LogP contribution in [0, 0.1) is 5.82 Å². The maximum absolute atomic E-state index is 13.0. The molecule has 0 radical (unpaired) electrons. The van der Waals surface area contributed by atoms with Crippen LogP contribution in [0.25, 0.3) is 0 Å². The van der Waals surface area contributed by atoms with Crippen molar-refractivity contribution in [2.75, 3.05) is 0 Å². The van der Waals surface area contributed by atoms with Crippen molar-refractivity contribution < 1.29 is 9.13 Å². The van der Waals surface area contributed by atoms with E-state index >= 15 is 0 Å². The summed E-state index contributed by atoms with van der Waals surface area (Å²) < 4.78 is 18.9. The van der Waals surface area contributed by atoms with E-state index in [1.807, 2.05) is 31.2 Å². The molecule has 0 aliphatic rings. The SMILES string of the molecule is CCc1ccc(OC(c2ccc(F)cc2)C(C)N)cc1. The smallest absolute Gasteiger partial charge is 0.138 e. The van der Waals surface area contributed by atoms with Crippen molar-refractivity contribution in [3.63, 3.8) is 0 Å². The molecule has 0 amide bonds. The van der Waals surface area contributed by atoms with Crippen LogP contribution in [0.4, 0.5) is 4.39 Å². The number of nitrogens with two attached hydrogens (primary N) is 1. The molecule has 2 nitrogen and oxygen atoms in total. The molecule has 2 rings (SSSR count). The van der Waals surface area contributed by atoms with E-state index in [0.717, 1.165) is 17.7 Å². The van der Waals surface area contributed by atoms with Crippen LogP contribution in [0.5, 0.6) is 5.75 Å². The van der Waals surface area contributed by atoms with Gasteiger partial charge in [0, 0.05) is 6.04 Å². The number of hydrogen-bond acceptors (Lipinski definition) is 2. The molecule has 0 saturated heterocycles. The number of benzene rings is 2. The van der Waals surface area contributed by atoms with Gasteiger partial charge in [-0.2, -0.15) is 0 Å². The minimum atomic E-state index is -0.289. The molecule has 2 unspecified atom stereocenters. The maximum Gasteiger partial charge on any atom is 0.138 e. The van der Waals surface area contributed by atoms with Crippen LogP contribution in [0.15, 0.2) is 48.5 Å². The molecule has 3 heteroatoms. The summed E-state index contributed by atoms with van der Waals surface area (Å²) in [5.41, 5.74) is 8.13. The van der Waals surface area contributed by atoms with E-state index in [0.29, 0.717) is 0 Å². The Balaban J connectivity index is 2.18. The molecule has 0 spiro atoms. The molecule has 2 atom stereocenters. The highest BCUT2D eigenvalue weighted by Gasteiger charge is 2.18. The van der Waals surface area contributed by atoms with E-state index in [2.05, 4.69) is 6.92 Å². The average molecular weight is 273 g/mol. The van der Waals surface area contributed by atoms with Crippen molar-refractivity contribution in [1.82, 2.24) is 0 Å². The Morgan fingerprint density at radius 2 is 1.65 bits per heavy atom. The van der Waals surface area contributed by atoms with E-state index in [1.54, 1.807) is 12.1 Å². The quantitative estimate of drug-likeness (QED) is 0.898. The maximum atomic E-state index is 13.0. The van der Waals surface area contributed by atoms with Gasteiger partial charge in [-0.3, -0.25) is 0 Å². The Bertz CT molecular complexity index is 534. The summed E-state index contributed by atoms with van der Waals surface area (Å²) in [5, 5.41) is 0. The summed E-state index contributed by atoms with van der Waals surface area (Å²) in [5.74, 6) is 0.512. The predicted octanol–water partition coefficient (Wildman–Crippen LogP) is 3.86. The fraction of sp³-hybridized carbons (Fsp3) is 0.294. The summed E-state index contributed by atoms with van der Waals surface area (Å²) in [6.45, 7) is 3.99. The average Bonchev–Trinajstić information content (AvgIpc) is 2.46. The van der Waals surface area contributed by atoms with Gasteiger partial charge in [0.05, 0.1) is 0 Å². The lowest BCUT2D eigenvalue weighted by atomic mass is 10.0. The van der Waals surface area contributed by atoms with E-state index in [4.69, 9.17) is 10.5 Å². The summed E-state index contributed by atoms with van der Waals surface area (Å²) in [6, 6.07) is 14.0.